The Hall–Kier alpha value is -2.88. The minimum absolute atomic E-state index is 0.0494. The van der Waals surface area contributed by atoms with Gasteiger partial charge in [0.2, 0.25) is 5.95 Å². The van der Waals surface area contributed by atoms with E-state index in [1.54, 1.807) is 6.07 Å². The highest BCUT2D eigenvalue weighted by atomic mass is 19.1. The molecule has 0 radical (unpaired) electrons. The van der Waals surface area contributed by atoms with Gasteiger partial charge in [-0.2, -0.15) is 14.8 Å². The SMILES string of the molecule is N#Cc1cnc(-c2cc(F)nc3[nH]ncc23)c(F)c1. The van der Waals surface area contributed by atoms with Crippen LogP contribution in [0.15, 0.2) is 24.5 Å². The van der Waals surface area contributed by atoms with Gasteiger partial charge in [0.25, 0.3) is 0 Å². The zero-order valence-corrected chi connectivity index (χ0v) is 9.35. The highest BCUT2D eigenvalue weighted by Gasteiger charge is 2.14. The second kappa shape index (κ2) is 4.10. The van der Waals surface area contributed by atoms with E-state index in [4.69, 9.17) is 5.26 Å². The summed E-state index contributed by atoms with van der Waals surface area (Å²) in [5.74, 6) is -1.47. The van der Waals surface area contributed by atoms with Gasteiger partial charge in [0.1, 0.15) is 11.8 Å². The Labute approximate surface area is 105 Å². The van der Waals surface area contributed by atoms with Gasteiger partial charge in [-0.1, -0.05) is 0 Å². The molecule has 0 unspecified atom stereocenters. The lowest BCUT2D eigenvalue weighted by molar-refractivity contribution is 0.587. The molecule has 3 aromatic rings. The van der Waals surface area contributed by atoms with E-state index in [0.717, 1.165) is 12.1 Å². The highest BCUT2D eigenvalue weighted by Crippen LogP contribution is 2.27. The predicted molar refractivity (Wildman–Crippen MR) is 61.8 cm³/mol. The van der Waals surface area contributed by atoms with Gasteiger partial charge in [-0.3, -0.25) is 10.1 Å². The Morgan fingerprint density at radius 1 is 1.21 bits per heavy atom. The van der Waals surface area contributed by atoms with Crippen molar-refractivity contribution in [1.82, 2.24) is 20.2 Å². The Bertz CT molecular complexity index is 819. The average molecular weight is 257 g/mol. The monoisotopic (exact) mass is 257 g/mol. The third kappa shape index (κ3) is 1.79. The number of hydrogen-bond donors (Lipinski definition) is 1. The van der Waals surface area contributed by atoms with Crippen molar-refractivity contribution < 1.29 is 8.78 Å². The number of rotatable bonds is 1. The van der Waals surface area contributed by atoms with Crippen molar-refractivity contribution in [2.75, 3.05) is 0 Å². The summed E-state index contributed by atoms with van der Waals surface area (Å²) in [4.78, 5) is 7.45. The normalized spacial score (nSPS) is 10.6. The van der Waals surface area contributed by atoms with Crippen LogP contribution in [0.2, 0.25) is 0 Å². The molecule has 0 saturated heterocycles. The number of aromatic nitrogens is 4. The van der Waals surface area contributed by atoms with Crippen LogP contribution in [0, 0.1) is 23.1 Å². The fraction of sp³-hybridized carbons (Fsp3) is 0. The van der Waals surface area contributed by atoms with Gasteiger partial charge in [0.15, 0.2) is 11.5 Å². The van der Waals surface area contributed by atoms with Crippen LogP contribution in [-0.2, 0) is 0 Å². The lowest BCUT2D eigenvalue weighted by Crippen LogP contribution is -1.94. The molecule has 3 aromatic heterocycles. The average Bonchev–Trinajstić information content (AvgIpc) is 2.85. The molecular weight excluding hydrogens is 252 g/mol. The second-order valence-electron chi connectivity index (χ2n) is 3.79. The number of hydrogen-bond acceptors (Lipinski definition) is 4. The molecular formula is C12H5F2N5. The third-order valence-electron chi connectivity index (χ3n) is 2.62. The van der Waals surface area contributed by atoms with Gasteiger partial charge in [-0.25, -0.2) is 9.37 Å². The molecule has 0 spiro atoms. The maximum absolute atomic E-state index is 13.9. The van der Waals surface area contributed by atoms with Crippen molar-refractivity contribution in [3.63, 3.8) is 0 Å². The number of nitriles is 1. The number of pyridine rings is 2. The molecule has 0 aliphatic rings. The lowest BCUT2D eigenvalue weighted by atomic mass is 10.1. The van der Waals surface area contributed by atoms with Gasteiger partial charge in [0, 0.05) is 23.2 Å². The largest absolute Gasteiger partial charge is 0.261 e. The van der Waals surface area contributed by atoms with Gasteiger partial charge in [-0.05, 0) is 6.07 Å². The van der Waals surface area contributed by atoms with Gasteiger partial charge in [0.05, 0.1) is 11.8 Å². The van der Waals surface area contributed by atoms with E-state index in [1.165, 1.54) is 12.4 Å². The number of halogens is 2. The smallest absolute Gasteiger partial charge is 0.215 e. The molecule has 0 bridgehead atoms. The molecule has 3 heterocycles. The third-order valence-corrected chi connectivity index (χ3v) is 2.62. The fourth-order valence-corrected chi connectivity index (χ4v) is 1.79. The number of H-pyrrole nitrogens is 1. The molecule has 5 nitrogen and oxygen atoms in total. The molecule has 0 amide bonds. The highest BCUT2D eigenvalue weighted by molar-refractivity contribution is 5.91. The van der Waals surface area contributed by atoms with E-state index in [9.17, 15) is 8.78 Å². The molecule has 0 aliphatic heterocycles. The van der Waals surface area contributed by atoms with Crippen molar-refractivity contribution in [2.24, 2.45) is 0 Å². The van der Waals surface area contributed by atoms with E-state index in [1.807, 2.05) is 0 Å². The lowest BCUT2D eigenvalue weighted by Gasteiger charge is -2.04. The summed E-state index contributed by atoms with van der Waals surface area (Å²) in [6, 6.07) is 3.91. The van der Waals surface area contributed by atoms with Crippen LogP contribution >= 0.6 is 0 Å². The second-order valence-corrected chi connectivity index (χ2v) is 3.79. The molecule has 0 saturated carbocycles. The zero-order chi connectivity index (χ0) is 13.4. The minimum Gasteiger partial charge on any atom is -0.261 e. The van der Waals surface area contributed by atoms with E-state index in [0.29, 0.717) is 5.39 Å². The van der Waals surface area contributed by atoms with Gasteiger partial charge in [-0.15, -0.1) is 0 Å². The molecule has 0 aliphatic carbocycles. The summed E-state index contributed by atoms with van der Waals surface area (Å²) in [7, 11) is 0. The summed E-state index contributed by atoms with van der Waals surface area (Å²) in [6.07, 6.45) is 2.64. The van der Waals surface area contributed by atoms with Crippen LogP contribution in [0.25, 0.3) is 22.3 Å². The number of nitrogens with zero attached hydrogens (tertiary/aromatic N) is 4. The summed E-state index contributed by atoms with van der Waals surface area (Å²) in [5, 5.41) is 15.4. The fourth-order valence-electron chi connectivity index (χ4n) is 1.79. The van der Waals surface area contributed by atoms with Crippen molar-refractivity contribution >= 4 is 11.0 Å². The van der Waals surface area contributed by atoms with Crippen molar-refractivity contribution in [2.45, 2.75) is 0 Å². The van der Waals surface area contributed by atoms with Crippen LogP contribution in [-0.4, -0.2) is 20.2 Å². The standard InChI is InChI=1S/C12H5F2N5/c13-9-1-6(3-15)4-16-11(9)7-2-10(14)18-12-8(7)5-17-19-12/h1-2,4-5H,(H,17,18,19). The number of nitrogens with one attached hydrogen (secondary N) is 1. The van der Waals surface area contributed by atoms with Crippen LogP contribution < -0.4 is 0 Å². The first-order chi connectivity index (χ1) is 9.19. The molecule has 3 rings (SSSR count). The first-order valence-corrected chi connectivity index (χ1v) is 5.24. The molecule has 92 valence electrons. The summed E-state index contributed by atoms with van der Waals surface area (Å²) >= 11 is 0. The number of fused-ring (bicyclic) bond motifs is 1. The predicted octanol–water partition coefficient (Wildman–Crippen LogP) is 2.17. The first-order valence-electron chi connectivity index (χ1n) is 5.24. The van der Waals surface area contributed by atoms with Crippen molar-refractivity contribution in [3.05, 3.63) is 41.9 Å². The quantitative estimate of drug-likeness (QED) is 0.677. The number of aromatic amines is 1. The molecule has 19 heavy (non-hydrogen) atoms. The Balaban J connectivity index is 2.30. The molecule has 7 heteroatoms. The molecule has 0 atom stereocenters. The Morgan fingerprint density at radius 2 is 2.05 bits per heavy atom. The summed E-state index contributed by atoms with van der Waals surface area (Å²) in [5.41, 5.74) is 0.490. The molecule has 1 N–H and O–H groups in total. The van der Waals surface area contributed by atoms with Crippen LogP contribution in [0.3, 0.4) is 0 Å². The Morgan fingerprint density at radius 3 is 2.79 bits per heavy atom. The zero-order valence-electron chi connectivity index (χ0n) is 9.35. The van der Waals surface area contributed by atoms with E-state index < -0.39 is 11.8 Å². The van der Waals surface area contributed by atoms with E-state index >= 15 is 0 Å². The first kappa shape index (κ1) is 11.2. The van der Waals surface area contributed by atoms with Crippen LogP contribution in [0.4, 0.5) is 8.78 Å². The van der Waals surface area contributed by atoms with Crippen LogP contribution in [0.5, 0.6) is 0 Å². The summed E-state index contributed by atoms with van der Waals surface area (Å²) in [6.45, 7) is 0. The maximum Gasteiger partial charge on any atom is 0.215 e. The van der Waals surface area contributed by atoms with Crippen molar-refractivity contribution in [1.29, 1.82) is 5.26 Å². The molecule has 0 fully saturated rings. The van der Waals surface area contributed by atoms with E-state index in [-0.39, 0.29) is 22.5 Å². The minimum atomic E-state index is -0.766. The van der Waals surface area contributed by atoms with Crippen molar-refractivity contribution in [3.8, 4) is 17.3 Å². The van der Waals surface area contributed by atoms with Gasteiger partial charge < -0.3 is 0 Å². The maximum atomic E-state index is 13.9. The van der Waals surface area contributed by atoms with Crippen LogP contribution in [0.1, 0.15) is 5.56 Å². The topological polar surface area (TPSA) is 78.2 Å². The summed E-state index contributed by atoms with van der Waals surface area (Å²) < 4.78 is 27.3. The Kier molecular flexibility index (Phi) is 2.42. The van der Waals surface area contributed by atoms with E-state index in [2.05, 4.69) is 20.2 Å². The molecule has 0 aromatic carbocycles. The van der Waals surface area contributed by atoms with Gasteiger partial charge >= 0.3 is 0 Å².